The number of aryl methyl sites for hydroxylation is 1. The third-order valence-electron chi connectivity index (χ3n) is 3.50. The number of hydrogen-bond acceptors (Lipinski definition) is 3. The summed E-state index contributed by atoms with van der Waals surface area (Å²) in [5, 5.41) is 13.0. The van der Waals surface area contributed by atoms with Crippen molar-refractivity contribution in [2.45, 2.75) is 50.7 Å². The molecule has 1 amide bonds. The SMILES string of the molecule is O=C(CC1(O)CCCC1)NCCCn1ccnc1. The molecule has 100 valence electrons. The van der Waals surface area contributed by atoms with Gasteiger partial charge >= 0.3 is 0 Å². The van der Waals surface area contributed by atoms with Gasteiger partial charge in [-0.25, -0.2) is 4.98 Å². The summed E-state index contributed by atoms with van der Waals surface area (Å²) < 4.78 is 1.98. The van der Waals surface area contributed by atoms with Gasteiger partial charge in [0.05, 0.1) is 18.3 Å². The van der Waals surface area contributed by atoms with E-state index < -0.39 is 5.60 Å². The molecule has 2 rings (SSSR count). The maximum atomic E-state index is 11.7. The van der Waals surface area contributed by atoms with Crippen molar-refractivity contribution >= 4 is 5.91 Å². The van der Waals surface area contributed by atoms with Crippen LogP contribution in [0.5, 0.6) is 0 Å². The first-order valence-electron chi connectivity index (χ1n) is 6.63. The summed E-state index contributed by atoms with van der Waals surface area (Å²) in [4.78, 5) is 15.6. The van der Waals surface area contributed by atoms with Crippen molar-refractivity contribution in [3.63, 3.8) is 0 Å². The molecule has 0 aromatic carbocycles. The van der Waals surface area contributed by atoms with Gasteiger partial charge in [-0.1, -0.05) is 12.8 Å². The number of imidazole rings is 1. The molecule has 1 aromatic rings. The number of aromatic nitrogens is 2. The topological polar surface area (TPSA) is 67.2 Å². The van der Waals surface area contributed by atoms with Crippen LogP contribution in [0.4, 0.5) is 0 Å². The van der Waals surface area contributed by atoms with E-state index in [0.717, 1.165) is 38.6 Å². The first-order chi connectivity index (χ1) is 8.68. The van der Waals surface area contributed by atoms with Gasteiger partial charge < -0.3 is 15.0 Å². The minimum Gasteiger partial charge on any atom is -0.389 e. The van der Waals surface area contributed by atoms with Gasteiger partial charge in [-0.2, -0.15) is 0 Å². The summed E-state index contributed by atoms with van der Waals surface area (Å²) >= 11 is 0. The van der Waals surface area contributed by atoms with E-state index in [1.165, 1.54) is 0 Å². The van der Waals surface area contributed by atoms with Gasteiger partial charge in [-0.05, 0) is 19.3 Å². The summed E-state index contributed by atoms with van der Waals surface area (Å²) in [7, 11) is 0. The zero-order chi connectivity index (χ0) is 12.8. The van der Waals surface area contributed by atoms with Gasteiger partial charge in [0.25, 0.3) is 0 Å². The molecule has 18 heavy (non-hydrogen) atoms. The third-order valence-corrected chi connectivity index (χ3v) is 3.50. The van der Waals surface area contributed by atoms with Crippen LogP contribution in [0, 0.1) is 0 Å². The molecule has 2 N–H and O–H groups in total. The molecule has 5 heteroatoms. The second-order valence-electron chi connectivity index (χ2n) is 5.11. The number of carbonyl (C=O) groups excluding carboxylic acids is 1. The van der Waals surface area contributed by atoms with E-state index in [0.29, 0.717) is 6.54 Å². The standard InChI is InChI=1S/C13H21N3O2/c17-12(10-13(18)4-1-2-5-13)15-6-3-8-16-9-7-14-11-16/h7,9,11,18H,1-6,8,10H2,(H,15,17). The number of hydrogen-bond donors (Lipinski definition) is 2. The van der Waals surface area contributed by atoms with Gasteiger partial charge in [0.15, 0.2) is 0 Å². The monoisotopic (exact) mass is 251 g/mol. The van der Waals surface area contributed by atoms with Crippen LogP contribution in [-0.2, 0) is 11.3 Å². The molecule has 1 aromatic heterocycles. The molecule has 0 spiro atoms. The van der Waals surface area contributed by atoms with Gasteiger partial charge in [0, 0.05) is 25.5 Å². The number of aliphatic hydroxyl groups is 1. The van der Waals surface area contributed by atoms with Crippen LogP contribution in [0.3, 0.4) is 0 Å². The minimum atomic E-state index is -0.742. The highest BCUT2D eigenvalue weighted by Gasteiger charge is 2.33. The van der Waals surface area contributed by atoms with Gasteiger partial charge in [-0.3, -0.25) is 4.79 Å². The molecule has 1 heterocycles. The Bertz CT molecular complexity index is 370. The Kier molecular flexibility index (Phi) is 4.36. The Morgan fingerprint density at radius 2 is 2.22 bits per heavy atom. The van der Waals surface area contributed by atoms with E-state index in [1.807, 2.05) is 10.8 Å². The van der Waals surface area contributed by atoms with Crippen molar-refractivity contribution < 1.29 is 9.90 Å². The zero-order valence-corrected chi connectivity index (χ0v) is 10.6. The highest BCUT2D eigenvalue weighted by atomic mass is 16.3. The molecule has 0 saturated heterocycles. The highest BCUT2D eigenvalue weighted by molar-refractivity contribution is 5.77. The van der Waals surface area contributed by atoms with E-state index in [-0.39, 0.29) is 12.3 Å². The lowest BCUT2D eigenvalue weighted by atomic mass is 9.98. The number of amides is 1. The van der Waals surface area contributed by atoms with Gasteiger partial charge in [0.1, 0.15) is 0 Å². The van der Waals surface area contributed by atoms with Crippen LogP contribution in [0.25, 0.3) is 0 Å². The summed E-state index contributed by atoms with van der Waals surface area (Å²) in [5.41, 5.74) is -0.742. The maximum absolute atomic E-state index is 11.7. The van der Waals surface area contributed by atoms with Crippen LogP contribution < -0.4 is 5.32 Å². The van der Waals surface area contributed by atoms with Crippen LogP contribution in [0.1, 0.15) is 38.5 Å². The molecule has 1 aliphatic rings. The molecule has 0 aliphatic heterocycles. The lowest BCUT2D eigenvalue weighted by molar-refractivity contribution is -0.125. The fraction of sp³-hybridized carbons (Fsp3) is 0.692. The molecule has 0 atom stereocenters. The van der Waals surface area contributed by atoms with Crippen molar-refractivity contribution in [2.24, 2.45) is 0 Å². The van der Waals surface area contributed by atoms with E-state index in [2.05, 4.69) is 10.3 Å². The van der Waals surface area contributed by atoms with E-state index in [9.17, 15) is 9.90 Å². The molecular formula is C13H21N3O2. The van der Waals surface area contributed by atoms with E-state index >= 15 is 0 Å². The number of nitrogens with zero attached hydrogens (tertiary/aromatic N) is 2. The predicted molar refractivity (Wildman–Crippen MR) is 67.9 cm³/mol. The molecular weight excluding hydrogens is 230 g/mol. The first kappa shape index (κ1) is 13.1. The molecule has 1 aliphatic carbocycles. The Morgan fingerprint density at radius 1 is 1.44 bits per heavy atom. The lowest BCUT2D eigenvalue weighted by Gasteiger charge is -2.21. The fourth-order valence-electron chi connectivity index (χ4n) is 2.48. The summed E-state index contributed by atoms with van der Waals surface area (Å²) in [6.07, 6.45) is 10.1. The van der Waals surface area contributed by atoms with Crippen molar-refractivity contribution in [2.75, 3.05) is 6.54 Å². The van der Waals surface area contributed by atoms with Crippen LogP contribution in [-0.4, -0.2) is 32.7 Å². The summed E-state index contributed by atoms with van der Waals surface area (Å²) in [5.74, 6) is -0.0370. The lowest BCUT2D eigenvalue weighted by Crippen LogP contribution is -2.35. The fourth-order valence-corrected chi connectivity index (χ4v) is 2.48. The smallest absolute Gasteiger partial charge is 0.222 e. The average Bonchev–Trinajstić information content (AvgIpc) is 2.96. The molecule has 0 unspecified atom stereocenters. The van der Waals surface area contributed by atoms with Crippen molar-refractivity contribution in [1.82, 2.24) is 14.9 Å². The first-order valence-corrected chi connectivity index (χ1v) is 6.63. The zero-order valence-electron chi connectivity index (χ0n) is 10.6. The summed E-state index contributed by atoms with van der Waals surface area (Å²) in [6, 6.07) is 0. The molecule has 1 saturated carbocycles. The van der Waals surface area contributed by atoms with Crippen LogP contribution in [0.2, 0.25) is 0 Å². The van der Waals surface area contributed by atoms with Gasteiger partial charge in [-0.15, -0.1) is 0 Å². The second kappa shape index (κ2) is 6.00. The van der Waals surface area contributed by atoms with Gasteiger partial charge in [0.2, 0.25) is 5.91 Å². The molecule has 1 fully saturated rings. The molecule has 5 nitrogen and oxygen atoms in total. The maximum Gasteiger partial charge on any atom is 0.222 e. The Morgan fingerprint density at radius 3 is 2.89 bits per heavy atom. The highest BCUT2D eigenvalue weighted by Crippen LogP contribution is 2.32. The van der Waals surface area contributed by atoms with Crippen molar-refractivity contribution in [1.29, 1.82) is 0 Å². The Hall–Kier alpha value is -1.36. The third kappa shape index (κ3) is 3.84. The quantitative estimate of drug-likeness (QED) is 0.744. The molecule has 0 bridgehead atoms. The Balaban J connectivity index is 1.60. The van der Waals surface area contributed by atoms with Crippen molar-refractivity contribution in [3.8, 4) is 0 Å². The van der Waals surface area contributed by atoms with Crippen LogP contribution in [0.15, 0.2) is 18.7 Å². The average molecular weight is 251 g/mol. The number of nitrogens with one attached hydrogen (secondary N) is 1. The molecule has 0 radical (unpaired) electrons. The van der Waals surface area contributed by atoms with E-state index in [4.69, 9.17) is 0 Å². The minimum absolute atomic E-state index is 0.0370. The summed E-state index contributed by atoms with van der Waals surface area (Å²) in [6.45, 7) is 1.50. The number of carbonyl (C=O) groups is 1. The largest absolute Gasteiger partial charge is 0.389 e. The van der Waals surface area contributed by atoms with Crippen LogP contribution >= 0.6 is 0 Å². The number of rotatable bonds is 6. The Labute approximate surface area is 107 Å². The van der Waals surface area contributed by atoms with Crippen molar-refractivity contribution in [3.05, 3.63) is 18.7 Å². The second-order valence-corrected chi connectivity index (χ2v) is 5.11. The predicted octanol–water partition coefficient (Wildman–Crippen LogP) is 1.08. The van der Waals surface area contributed by atoms with E-state index in [1.54, 1.807) is 12.5 Å². The normalized spacial score (nSPS) is 17.8.